The first-order valence-corrected chi connectivity index (χ1v) is 11.2. The lowest BCUT2D eigenvalue weighted by Crippen LogP contribution is -2.42. The standard InChI is InChI=1S/C20H24Cl2FN3O2S/c1-20(2,3)29(28)25-15-7-5-6-12-16(15)18(22)26(4)17(12)19(27)24-11-8-9-14(23)13(21)10-11/h8-10,15,25H,5-7H2,1-4H3,(H,24,27). The third-order valence-corrected chi connectivity index (χ3v) is 7.29. The molecule has 158 valence electrons. The molecule has 2 atom stereocenters. The zero-order valence-corrected chi connectivity index (χ0v) is 19.1. The van der Waals surface area contributed by atoms with Crippen LogP contribution < -0.4 is 10.0 Å². The maximum atomic E-state index is 13.4. The summed E-state index contributed by atoms with van der Waals surface area (Å²) in [6.45, 7) is 5.71. The second-order valence-electron chi connectivity index (χ2n) is 8.12. The van der Waals surface area contributed by atoms with Gasteiger partial charge in [-0.15, -0.1) is 4.72 Å². The van der Waals surface area contributed by atoms with E-state index in [4.69, 9.17) is 23.2 Å². The molecule has 29 heavy (non-hydrogen) atoms. The van der Waals surface area contributed by atoms with Gasteiger partial charge in [-0.25, -0.2) is 4.39 Å². The molecule has 2 unspecified atom stereocenters. The number of amides is 1. The average molecular weight is 460 g/mol. The SMILES string of the molecule is Cn1c(Cl)c2c(c1C(=O)Nc1ccc(F)c(Cl)c1)CCCC2N[S+]([O-])C(C)(C)C. The van der Waals surface area contributed by atoms with Crippen LogP contribution in [0.4, 0.5) is 10.1 Å². The Kier molecular flexibility index (Phi) is 6.56. The average Bonchev–Trinajstić information content (AvgIpc) is 2.89. The number of anilines is 1. The fourth-order valence-corrected chi connectivity index (χ4v) is 4.80. The predicted molar refractivity (Wildman–Crippen MR) is 116 cm³/mol. The molecule has 2 N–H and O–H groups in total. The van der Waals surface area contributed by atoms with Crippen LogP contribution in [0.3, 0.4) is 0 Å². The molecule has 0 bridgehead atoms. The van der Waals surface area contributed by atoms with Crippen LogP contribution in [0.5, 0.6) is 0 Å². The van der Waals surface area contributed by atoms with Gasteiger partial charge in [0.2, 0.25) is 0 Å². The number of halogens is 3. The Balaban J connectivity index is 1.92. The molecular formula is C20H24Cl2FN3O2S. The summed E-state index contributed by atoms with van der Waals surface area (Å²) in [5.74, 6) is -0.902. The number of nitrogens with one attached hydrogen (secondary N) is 2. The lowest BCUT2D eigenvalue weighted by molar-refractivity contribution is 0.101. The summed E-state index contributed by atoms with van der Waals surface area (Å²) < 4.78 is 30.4. The zero-order valence-electron chi connectivity index (χ0n) is 16.7. The van der Waals surface area contributed by atoms with Gasteiger partial charge < -0.3 is 14.4 Å². The van der Waals surface area contributed by atoms with Crippen molar-refractivity contribution in [3.05, 3.63) is 51.0 Å². The summed E-state index contributed by atoms with van der Waals surface area (Å²) in [6.07, 6.45) is 2.32. The van der Waals surface area contributed by atoms with E-state index >= 15 is 0 Å². The molecule has 1 aliphatic rings. The minimum absolute atomic E-state index is 0.0660. The molecule has 5 nitrogen and oxygen atoms in total. The van der Waals surface area contributed by atoms with Crippen molar-refractivity contribution in [1.82, 2.24) is 9.29 Å². The summed E-state index contributed by atoms with van der Waals surface area (Å²) in [4.78, 5) is 13.0. The van der Waals surface area contributed by atoms with Crippen molar-refractivity contribution in [3.8, 4) is 0 Å². The summed E-state index contributed by atoms with van der Waals surface area (Å²) in [5.41, 5.74) is 2.50. The molecule has 0 radical (unpaired) electrons. The Morgan fingerprint density at radius 2 is 2.03 bits per heavy atom. The molecule has 1 amide bonds. The first kappa shape index (κ1) is 22.4. The lowest BCUT2D eigenvalue weighted by Gasteiger charge is -2.30. The van der Waals surface area contributed by atoms with Crippen molar-refractivity contribution in [2.75, 3.05) is 5.32 Å². The van der Waals surface area contributed by atoms with E-state index in [9.17, 15) is 13.7 Å². The molecule has 2 aromatic rings. The highest BCUT2D eigenvalue weighted by atomic mass is 35.5. The molecule has 9 heteroatoms. The van der Waals surface area contributed by atoms with Crippen molar-refractivity contribution in [2.24, 2.45) is 7.05 Å². The molecule has 0 saturated heterocycles. The van der Waals surface area contributed by atoms with E-state index in [2.05, 4.69) is 10.0 Å². The fourth-order valence-electron chi connectivity index (χ4n) is 3.45. The van der Waals surface area contributed by atoms with Gasteiger partial charge in [0.15, 0.2) is 0 Å². The first-order valence-electron chi connectivity index (χ1n) is 9.32. The molecule has 1 aromatic carbocycles. The second kappa shape index (κ2) is 8.47. The van der Waals surface area contributed by atoms with Crippen LogP contribution in [-0.2, 0) is 24.8 Å². The third kappa shape index (κ3) is 4.59. The molecule has 0 aliphatic heterocycles. The molecule has 0 fully saturated rings. The van der Waals surface area contributed by atoms with Gasteiger partial charge >= 0.3 is 0 Å². The van der Waals surface area contributed by atoms with Crippen molar-refractivity contribution in [2.45, 2.75) is 50.8 Å². The highest BCUT2D eigenvalue weighted by Gasteiger charge is 2.36. The Morgan fingerprint density at radius 1 is 1.34 bits per heavy atom. The maximum absolute atomic E-state index is 13.4. The van der Waals surface area contributed by atoms with Gasteiger partial charge in [0, 0.05) is 29.7 Å². The molecule has 1 aliphatic carbocycles. The van der Waals surface area contributed by atoms with Gasteiger partial charge in [-0.1, -0.05) is 23.2 Å². The number of hydrogen-bond donors (Lipinski definition) is 2. The lowest BCUT2D eigenvalue weighted by atomic mass is 9.90. The highest BCUT2D eigenvalue weighted by Crippen LogP contribution is 2.40. The largest absolute Gasteiger partial charge is 0.598 e. The monoisotopic (exact) mass is 459 g/mol. The number of rotatable bonds is 4. The van der Waals surface area contributed by atoms with Gasteiger partial charge in [0.1, 0.15) is 21.4 Å². The Bertz CT molecular complexity index is 943. The van der Waals surface area contributed by atoms with Crippen LogP contribution in [-0.4, -0.2) is 19.8 Å². The minimum atomic E-state index is -1.26. The predicted octanol–water partition coefficient (Wildman–Crippen LogP) is 5.15. The number of hydrogen-bond acceptors (Lipinski definition) is 3. The Morgan fingerprint density at radius 3 is 2.66 bits per heavy atom. The van der Waals surface area contributed by atoms with E-state index in [0.29, 0.717) is 23.0 Å². The summed E-state index contributed by atoms with van der Waals surface area (Å²) in [5, 5.41) is 3.14. The van der Waals surface area contributed by atoms with E-state index in [-0.39, 0.29) is 17.0 Å². The number of benzene rings is 1. The molecule has 0 saturated carbocycles. The second-order valence-corrected chi connectivity index (χ2v) is 10.9. The van der Waals surface area contributed by atoms with E-state index < -0.39 is 21.9 Å². The Hall–Kier alpha value is -1.25. The Labute approximate surface area is 183 Å². The maximum Gasteiger partial charge on any atom is 0.272 e. The molecule has 1 aromatic heterocycles. The summed E-state index contributed by atoms with van der Waals surface area (Å²) in [7, 11) is 1.73. The first-order chi connectivity index (χ1) is 13.5. The number of carbonyl (C=O) groups is 1. The van der Waals surface area contributed by atoms with Gasteiger partial charge in [-0.2, -0.15) is 0 Å². The topological polar surface area (TPSA) is 69.1 Å². The van der Waals surface area contributed by atoms with E-state index in [0.717, 1.165) is 24.0 Å². The van der Waals surface area contributed by atoms with Gasteiger partial charge in [0.05, 0.1) is 11.1 Å². The minimum Gasteiger partial charge on any atom is -0.598 e. The zero-order chi connectivity index (χ0) is 21.5. The number of carbonyl (C=O) groups excluding carboxylic acids is 1. The molecule has 3 rings (SSSR count). The normalized spacial score (nSPS) is 17.7. The smallest absolute Gasteiger partial charge is 0.272 e. The van der Waals surface area contributed by atoms with Gasteiger partial charge in [-0.3, -0.25) is 4.79 Å². The van der Waals surface area contributed by atoms with Crippen LogP contribution in [0.15, 0.2) is 18.2 Å². The van der Waals surface area contributed by atoms with Crippen molar-refractivity contribution in [1.29, 1.82) is 0 Å². The van der Waals surface area contributed by atoms with Crippen LogP contribution in [0.25, 0.3) is 0 Å². The molecule has 0 spiro atoms. The van der Waals surface area contributed by atoms with Crippen LogP contribution in [0.1, 0.15) is 61.3 Å². The number of fused-ring (bicyclic) bond motifs is 1. The van der Waals surface area contributed by atoms with Crippen LogP contribution in [0.2, 0.25) is 10.2 Å². The number of nitrogens with zero attached hydrogens (tertiary/aromatic N) is 1. The van der Waals surface area contributed by atoms with Gasteiger partial charge in [0.25, 0.3) is 5.91 Å². The van der Waals surface area contributed by atoms with Crippen LogP contribution >= 0.6 is 23.2 Å². The van der Waals surface area contributed by atoms with Crippen molar-refractivity contribution >= 4 is 46.2 Å². The van der Waals surface area contributed by atoms with Crippen LogP contribution in [0, 0.1) is 5.82 Å². The quantitative estimate of drug-likeness (QED) is 0.620. The van der Waals surface area contributed by atoms with E-state index in [1.807, 2.05) is 20.8 Å². The summed E-state index contributed by atoms with van der Waals surface area (Å²) in [6, 6.07) is 3.82. The molecule has 1 heterocycles. The third-order valence-electron chi connectivity index (χ3n) is 4.93. The van der Waals surface area contributed by atoms with E-state index in [1.165, 1.54) is 18.2 Å². The van der Waals surface area contributed by atoms with Gasteiger partial charge in [-0.05, 0) is 63.8 Å². The van der Waals surface area contributed by atoms with Crippen molar-refractivity contribution < 1.29 is 13.7 Å². The number of aromatic nitrogens is 1. The highest BCUT2D eigenvalue weighted by molar-refractivity contribution is 7.90. The fraction of sp³-hybridized carbons (Fsp3) is 0.450. The summed E-state index contributed by atoms with van der Waals surface area (Å²) >= 11 is 11.1. The molecular weight excluding hydrogens is 436 g/mol. The van der Waals surface area contributed by atoms with E-state index in [1.54, 1.807) is 11.6 Å². The van der Waals surface area contributed by atoms with Crippen molar-refractivity contribution in [3.63, 3.8) is 0 Å².